The molecule has 3 aromatic rings. The van der Waals surface area contributed by atoms with Crippen molar-refractivity contribution in [1.82, 2.24) is 19.9 Å². The molecule has 0 saturated carbocycles. The van der Waals surface area contributed by atoms with E-state index < -0.39 is 0 Å². The normalized spacial score (nSPS) is 17.3. The van der Waals surface area contributed by atoms with E-state index in [1.54, 1.807) is 11.6 Å². The second-order valence-corrected chi connectivity index (χ2v) is 6.84. The fraction of sp³-hybridized carbons (Fsp3) is 0.353. The maximum atomic E-state index is 12.4. The number of nitrogens with zero attached hydrogens (tertiary/aromatic N) is 4. The number of fused-ring (bicyclic) bond motifs is 1. The van der Waals surface area contributed by atoms with Gasteiger partial charge in [0, 0.05) is 36.8 Å². The zero-order valence-electron chi connectivity index (χ0n) is 13.9. The zero-order chi connectivity index (χ0) is 17.2. The van der Waals surface area contributed by atoms with Crippen LogP contribution in [0.25, 0.3) is 4.96 Å². The third kappa shape index (κ3) is 3.22. The predicted octanol–water partition coefficient (Wildman–Crippen LogP) is 1.95. The molecule has 3 heterocycles. The topological polar surface area (TPSA) is 71.8 Å². The highest BCUT2D eigenvalue weighted by Crippen LogP contribution is 2.22. The van der Waals surface area contributed by atoms with Crippen LogP contribution >= 0.6 is 11.3 Å². The highest BCUT2D eigenvalue weighted by molar-refractivity contribution is 7.15. The molecule has 7 nitrogen and oxygen atoms in total. The number of hydrogen-bond donors (Lipinski definition) is 1. The number of ether oxygens (including phenoxy) is 1. The molecule has 0 spiro atoms. The molecule has 0 radical (unpaired) electrons. The SMILES string of the molecule is COC1CCN(c2ccc(C(=O)NCc3csc4ncnn34)cc2)C1. The largest absolute Gasteiger partial charge is 0.380 e. The first kappa shape index (κ1) is 16.0. The number of thiazole rings is 1. The van der Waals surface area contributed by atoms with Gasteiger partial charge in [0.25, 0.3) is 5.91 Å². The first-order valence-electron chi connectivity index (χ1n) is 8.16. The van der Waals surface area contributed by atoms with E-state index in [0.717, 1.165) is 35.9 Å². The van der Waals surface area contributed by atoms with Gasteiger partial charge in [0.1, 0.15) is 6.33 Å². The minimum Gasteiger partial charge on any atom is -0.380 e. The molecule has 1 N–H and O–H groups in total. The lowest BCUT2D eigenvalue weighted by molar-refractivity contribution is 0.0950. The molecule has 1 unspecified atom stereocenters. The minimum absolute atomic E-state index is 0.0952. The molecule has 8 heteroatoms. The van der Waals surface area contributed by atoms with E-state index in [4.69, 9.17) is 4.74 Å². The van der Waals surface area contributed by atoms with Gasteiger partial charge in [0.05, 0.1) is 18.3 Å². The van der Waals surface area contributed by atoms with E-state index in [0.29, 0.717) is 18.2 Å². The van der Waals surface area contributed by atoms with Gasteiger partial charge in [0.2, 0.25) is 4.96 Å². The average molecular weight is 357 g/mol. The van der Waals surface area contributed by atoms with Gasteiger partial charge in [-0.2, -0.15) is 5.10 Å². The van der Waals surface area contributed by atoms with Crippen LogP contribution in [-0.2, 0) is 11.3 Å². The maximum absolute atomic E-state index is 12.4. The van der Waals surface area contributed by atoms with Crippen molar-refractivity contribution in [2.75, 3.05) is 25.1 Å². The Hall–Kier alpha value is -2.45. The lowest BCUT2D eigenvalue weighted by atomic mass is 10.2. The first-order chi connectivity index (χ1) is 12.2. The van der Waals surface area contributed by atoms with Gasteiger partial charge in [-0.05, 0) is 30.7 Å². The lowest BCUT2D eigenvalue weighted by Crippen LogP contribution is -2.24. The van der Waals surface area contributed by atoms with Crippen LogP contribution in [0.1, 0.15) is 22.5 Å². The molecule has 25 heavy (non-hydrogen) atoms. The van der Waals surface area contributed by atoms with E-state index in [9.17, 15) is 4.79 Å². The van der Waals surface area contributed by atoms with Gasteiger partial charge >= 0.3 is 0 Å². The van der Waals surface area contributed by atoms with Crippen LogP contribution in [-0.4, -0.2) is 46.8 Å². The van der Waals surface area contributed by atoms with Crippen LogP contribution in [0.4, 0.5) is 5.69 Å². The number of nitrogens with one attached hydrogen (secondary N) is 1. The number of benzene rings is 1. The van der Waals surface area contributed by atoms with Crippen molar-refractivity contribution in [2.45, 2.75) is 19.1 Å². The highest BCUT2D eigenvalue weighted by atomic mass is 32.1. The van der Waals surface area contributed by atoms with Gasteiger partial charge in [-0.3, -0.25) is 4.79 Å². The van der Waals surface area contributed by atoms with Crippen molar-refractivity contribution in [3.63, 3.8) is 0 Å². The third-order valence-corrected chi connectivity index (χ3v) is 5.37. The standard InChI is InChI=1S/C17H19N5O2S/c1-24-15-6-7-21(9-15)13-4-2-12(3-5-13)16(23)18-8-14-10-25-17-19-11-20-22(14)17/h2-5,10-11,15H,6-9H2,1H3,(H,18,23). The summed E-state index contributed by atoms with van der Waals surface area (Å²) in [6, 6.07) is 7.72. The van der Waals surface area contributed by atoms with E-state index in [-0.39, 0.29) is 5.91 Å². The monoisotopic (exact) mass is 357 g/mol. The average Bonchev–Trinajstić information content (AvgIpc) is 3.36. The van der Waals surface area contributed by atoms with Crippen LogP contribution in [0.2, 0.25) is 0 Å². The summed E-state index contributed by atoms with van der Waals surface area (Å²) in [6.07, 6.45) is 2.85. The Labute approximate surface area is 149 Å². The van der Waals surface area contributed by atoms with Crippen molar-refractivity contribution in [3.8, 4) is 0 Å². The summed E-state index contributed by atoms with van der Waals surface area (Å²) in [4.78, 5) is 19.6. The van der Waals surface area contributed by atoms with Crippen LogP contribution in [0, 0.1) is 0 Å². The fourth-order valence-corrected chi connectivity index (χ4v) is 3.84. The Morgan fingerprint density at radius 2 is 2.24 bits per heavy atom. The molecule has 4 rings (SSSR count). The molecule has 1 aliphatic rings. The molecular weight excluding hydrogens is 338 g/mol. The van der Waals surface area contributed by atoms with Crippen LogP contribution in [0.3, 0.4) is 0 Å². The second kappa shape index (κ2) is 6.81. The van der Waals surface area contributed by atoms with E-state index in [1.807, 2.05) is 29.6 Å². The molecule has 1 atom stereocenters. The Kier molecular flexibility index (Phi) is 4.37. The number of carbonyl (C=O) groups excluding carboxylic acids is 1. The van der Waals surface area contributed by atoms with E-state index in [2.05, 4.69) is 20.3 Å². The summed E-state index contributed by atoms with van der Waals surface area (Å²) in [7, 11) is 1.75. The maximum Gasteiger partial charge on any atom is 0.251 e. The molecule has 2 aromatic heterocycles. The van der Waals surface area contributed by atoms with Gasteiger partial charge in [0.15, 0.2) is 0 Å². The Morgan fingerprint density at radius 1 is 1.40 bits per heavy atom. The van der Waals surface area contributed by atoms with Crippen molar-refractivity contribution in [1.29, 1.82) is 0 Å². The minimum atomic E-state index is -0.0952. The zero-order valence-corrected chi connectivity index (χ0v) is 14.7. The summed E-state index contributed by atoms with van der Waals surface area (Å²) in [5, 5.41) is 9.04. The fourth-order valence-electron chi connectivity index (χ4n) is 3.05. The molecule has 130 valence electrons. The summed E-state index contributed by atoms with van der Waals surface area (Å²) in [5.41, 5.74) is 2.69. The summed E-state index contributed by atoms with van der Waals surface area (Å²) in [6.45, 7) is 2.30. The summed E-state index contributed by atoms with van der Waals surface area (Å²) < 4.78 is 7.14. The van der Waals surface area contributed by atoms with Crippen molar-refractivity contribution in [2.24, 2.45) is 0 Å². The smallest absolute Gasteiger partial charge is 0.251 e. The predicted molar refractivity (Wildman–Crippen MR) is 96.1 cm³/mol. The van der Waals surface area contributed by atoms with Crippen LogP contribution in [0.5, 0.6) is 0 Å². The highest BCUT2D eigenvalue weighted by Gasteiger charge is 2.22. The number of anilines is 1. The van der Waals surface area contributed by atoms with E-state index in [1.165, 1.54) is 17.7 Å². The Balaban J connectivity index is 1.38. The van der Waals surface area contributed by atoms with Crippen molar-refractivity contribution < 1.29 is 9.53 Å². The Morgan fingerprint density at radius 3 is 3.00 bits per heavy atom. The van der Waals surface area contributed by atoms with Gasteiger partial charge in [-0.1, -0.05) is 0 Å². The van der Waals surface area contributed by atoms with E-state index >= 15 is 0 Å². The Bertz CT molecular complexity index is 873. The number of methoxy groups -OCH3 is 1. The van der Waals surface area contributed by atoms with Crippen LogP contribution in [0.15, 0.2) is 36.0 Å². The molecule has 1 fully saturated rings. The molecule has 1 aliphatic heterocycles. The van der Waals surface area contributed by atoms with Crippen LogP contribution < -0.4 is 10.2 Å². The van der Waals surface area contributed by atoms with Crippen molar-refractivity contribution in [3.05, 3.63) is 47.2 Å². The molecule has 0 bridgehead atoms. The summed E-state index contributed by atoms with van der Waals surface area (Å²) in [5.74, 6) is -0.0952. The second-order valence-electron chi connectivity index (χ2n) is 6.00. The molecule has 1 amide bonds. The van der Waals surface area contributed by atoms with Gasteiger partial charge in [-0.15, -0.1) is 11.3 Å². The lowest BCUT2D eigenvalue weighted by Gasteiger charge is -2.18. The van der Waals surface area contributed by atoms with Crippen molar-refractivity contribution >= 4 is 27.9 Å². The quantitative estimate of drug-likeness (QED) is 0.756. The molecule has 0 aliphatic carbocycles. The summed E-state index contributed by atoms with van der Waals surface area (Å²) >= 11 is 1.51. The number of hydrogen-bond acceptors (Lipinski definition) is 6. The number of carbonyl (C=O) groups is 1. The first-order valence-corrected chi connectivity index (χ1v) is 9.04. The number of aromatic nitrogens is 3. The molecule has 1 saturated heterocycles. The van der Waals surface area contributed by atoms with Gasteiger partial charge in [-0.25, -0.2) is 9.50 Å². The number of amides is 1. The molecule has 1 aromatic carbocycles. The van der Waals surface area contributed by atoms with Gasteiger partial charge < -0.3 is 15.0 Å². The third-order valence-electron chi connectivity index (χ3n) is 4.49. The molecular formula is C17H19N5O2S. The number of rotatable bonds is 5.